The van der Waals surface area contributed by atoms with Gasteiger partial charge in [-0.2, -0.15) is 5.10 Å². The number of ether oxygens (including phenoxy) is 1. The molecule has 21 heavy (non-hydrogen) atoms. The van der Waals surface area contributed by atoms with Gasteiger partial charge in [-0.15, -0.1) is 0 Å². The minimum atomic E-state index is 0.330. The van der Waals surface area contributed by atoms with Crippen LogP contribution >= 0.6 is 0 Å². The van der Waals surface area contributed by atoms with Crippen molar-refractivity contribution in [2.24, 2.45) is 0 Å². The average Bonchev–Trinajstić information content (AvgIpc) is 2.92. The SMILES string of the molecule is CCC(CC)n1cc(C=O)c(-c2ccc(OC)c(C)c2)n1. The molecule has 1 heterocycles. The number of aryl methyl sites for hydroxylation is 1. The maximum atomic E-state index is 11.3. The maximum absolute atomic E-state index is 11.3. The molecule has 0 aliphatic carbocycles. The van der Waals surface area contributed by atoms with E-state index in [9.17, 15) is 4.79 Å². The first kappa shape index (κ1) is 15.3. The summed E-state index contributed by atoms with van der Waals surface area (Å²) in [5.74, 6) is 0.839. The number of hydrogen-bond donors (Lipinski definition) is 0. The minimum Gasteiger partial charge on any atom is -0.496 e. The van der Waals surface area contributed by atoms with Gasteiger partial charge in [0.25, 0.3) is 0 Å². The summed E-state index contributed by atoms with van der Waals surface area (Å²) < 4.78 is 7.19. The number of carbonyl (C=O) groups is 1. The second-order valence-electron chi connectivity index (χ2n) is 5.19. The molecule has 0 aliphatic heterocycles. The molecule has 1 aromatic heterocycles. The molecule has 0 radical (unpaired) electrons. The lowest BCUT2D eigenvalue weighted by Crippen LogP contribution is -2.07. The molecule has 0 amide bonds. The molecular weight excluding hydrogens is 264 g/mol. The Morgan fingerprint density at radius 2 is 2.05 bits per heavy atom. The molecule has 4 nitrogen and oxygen atoms in total. The second-order valence-corrected chi connectivity index (χ2v) is 5.19. The smallest absolute Gasteiger partial charge is 0.153 e. The third-order valence-electron chi connectivity index (χ3n) is 3.87. The Labute approximate surface area is 125 Å². The number of nitrogens with zero attached hydrogens (tertiary/aromatic N) is 2. The van der Waals surface area contributed by atoms with Crippen molar-refractivity contribution in [2.45, 2.75) is 39.7 Å². The number of rotatable bonds is 6. The highest BCUT2D eigenvalue weighted by Crippen LogP contribution is 2.28. The molecule has 0 N–H and O–H groups in total. The zero-order valence-electron chi connectivity index (χ0n) is 13.1. The summed E-state index contributed by atoms with van der Waals surface area (Å²) in [7, 11) is 1.65. The predicted octanol–water partition coefficient (Wildman–Crippen LogP) is 4.04. The van der Waals surface area contributed by atoms with Crippen LogP contribution in [0.4, 0.5) is 0 Å². The van der Waals surface area contributed by atoms with E-state index in [1.54, 1.807) is 7.11 Å². The highest BCUT2D eigenvalue weighted by molar-refractivity contribution is 5.85. The number of hydrogen-bond acceptors (Lipinski definition) is 3. The Bertz CT molecular complexity index is 628. The molecule has 0 aliphatic rings. The second kappa shape index (κ2) is 6.57. The molecule has 0 saturated carbocycles. The Morgan fingerprint density at radius 1 is 1.33 bits per heavy atom. The molecule has 2 aromatic rings. The number of carbonyl (C=O) groups excluding carboxylic acids is 1. The molecule has 112 valence electrons. The molecule has 4 heteroatoms. The average molecular weight is 286 g/mol. The van der Waals surface area contributed by atoms with E-state index in [0.717, 1.165) is 41.7 Å². The highest BCUT2D eigenvalue weighted by atomic mass is 16.5. The topological polar surface area (TPSA) is 44.1 Å². The molecule has 0 spiro atoms. The van der Waals surface area contributed by atoms with Gasteiger partial charge in [-0.05, 0) is 43.5 Å². The predicted molar refractivity (Wildman–Crippen MR) is 84.0 cm³/mol. The fourth-order valence-corrected chi connectivity index (χ4v) is 2.59. The maximum Gasteiger partial charge on any atom is 0.153 e. The Balaban J connectivity index is 2.47. The van der Waals surface area contributed by atoms with E-state index in [1.807, 2.05) is 36.0 Å². The molecule has 0 unspecified atom stereocenters. The van der Waals surface area contributed by atoms with Crippen molar-refractivity contribution in [3.8, 4) is 17.0 Å². The van der Waals surface area contributed by atoms with Crippen molar-refractivity contribution in [1.29, 1.82) is 0 Å². The first-order chi connectivity index (χ1) is 10.1. The van der Waals surface area contributed by atoms with Gasteiger partial charge in [0.15, 0.2) is 6.29 Å². The van der Waals surface area contributed by atoms with Crippen LogP contribution in [0.25, 0.3) is 11.3 Å². The van der Waals surface area contributed by atoms with Crippen LogP contribution in [0.5, 0.6) is 5.75 Å². The van der Waals surface area contributed by atoms with Crippen molar-refractivity contribution in [3.05, 3.63) is 35.5 Å². The zero-order chi connectivity index (χ0) is 15.4. The minimum absolute atomic E-state index is 0.330. The van der Waals surface area contributed by atoms with E-state index >= 15 is 0 Å². The van der Waals surface area contributed by atoms with Crippen LogP contribution in [0.3, 0.4) is 0 Å². The van der Waals surface area contributed by atoms with Gasteiger partial charge in [0.2, 0.25) is 0 Å². The summed E-state index contributed by atoms with van der Waals surface area (Å²) in [6.45, 7) is 6.25. The fourth-order valence-electron chi connectivity index (χ4n) is 2.59. The van der Waals surface area contributed by atoms with Crippen LogP contribution in [-0.2, 0) is 0 Å². The van der Waals surface area contributed by atoms with E-state index in [-0.39, 0.29) is 0 Å². The van der Waals surface area contributed by atoms with Crippen LogP contribution in [0.1, 0.15) is 48.7 Å². The van der Waals surface area contributed by atoms with Crippen molar-refractivity contribution < 1.29 is 9.53 Å². The quantitative estimate of drug-likeness (QED) is 0.753. The molecule has 0 saturated heterocycles. The standard InChI is InChI=1S/C17H22N2O2/c1-5-15(6-2)19-10-14(11-20)17(18-19)13-7-8-16(21-4)12(3)9-13/h7-11,15H,5-6H2,1-4H3. The van der Waals surface area contributed by atoms with E-state index in [4.69, 9.17) is 4.74 Å². The molecule has 0 bridgehead atoms. The van der Waals surface area contributed by atoms with Gasteiger partial charge < -0.3 is 4.74 Å². The monoisotopic (exact) mass is 286 g/mol. The van der Waals surface area contributed by atoms with Crippen LogP contribution in [0, 0.1) is 6.92 Å². The van der Waals surface area contributed by atoms with Crippen molar-refractivity contribution in [2.75, 3.05) is 7.11 Å². The van der Waals surface area contributed by atoms with Crippen LogP contribution in [0.2, 0.25) is 0 Å². The number of aromatic nitrogens is 2. The Hall–Kier alpha value is -2.10. The molecule has 1 aromatic carbocycles. The van der Waals surface area contributed by atoms with Crippen LogP contribution in [0.15, 0.2) is 24.4 Å². The van der Waals surface area contributed by atoms with Gasteiger partial charge >= 0.3 is 0 Å². The van der Waals surface area contributed by atoms with E-state index in [2.05, 4.69) is 18.9 Å². The van der Waals surface area contributed by atoms with Crippen LogP contribution < -0.4 is 4.74 Å². The largest absolute Gasteiger partial charge is 0.496 e. The fraction of sp³-hybridized carbons (Fsp3) is 0.412. The molecular formula is C17H22N2O2. The lowest BCUT2D eigenvalue weighted by molar-refractivity contribution is 0.112. The van der Waals surface area contributed by atoms with Crippen molar-refractivity contribution in [1.82, 2.24) is 9.78 Å². The van der Waals surface area contributed by atoms with E-state index < -0.39 is 0 Å². The van der Waals surface area contributed by atoms with Gasteiger partial charge in [-0.3, -0.25) is 9.48 Å². The van der Waals surface area contributed by atoms with Crippen molar-refractivity contribution >= 4 is 6.29 Å². The molecule has 0 fully saturated rings. The summed E-state index contributed by atoms with van der Waals surface area (Å²) >= 11 is 0. The van der Waals surface area contributed by atoms with Gasteiger partial charge in [0.05, 0.1) is 18.7 Å². The summed E-state index contributed by atoms with van der Waals surface area (Å²) in [4.78, 5) is 11.3. The van der Waals surface area contributed by atoms with Gasteiger partial charge in [0, 0.05) is 11.8 Å². The number of methoxy groups -OCH3 is 1. The summed E-state index contributed by atoms with van der Waals surface area (Å²) in [6, 6.07) is 6.19. The third kappa shape index (κ3) is 2.99. The van der Waals surface area contributed by atoms with E-state index in [1.165, 1.54) is 0 Å². The van der Waals surface area contributed by atoms with Gasteiger partial charge in [-0.25, -0.2) is 0 Å². The highest BCUT2D eigenvalue weighted by Gasteiger charge is 2.15. The summed E-state index contributed by atoms with van der Waals surface area (Å²) in [5.41, 5.74) is 3.35. The number of aldehydes is 1. The van der Waals surface area contributed by atoms with E-state index in [0.29, 0.717) is 11.6 Å². The van der Waals surface area contributed by atoms with Crippen LogP contribution in [-0.4, -0.2) is 23.2 Å². The first-order valence-electron chi connectivity index (χ1n) is 7.33. The first-order valence-corrected chi connectivity index (χ1v) is 7.33. The lowest BCUT2D eigenvalue weighted by atomic mass is 10.1. The summed E-state index contributed by atoms with van der Waals surface area (Å²) in [5, 5.41) is 4.63. The Kier molecular flexibility index (Phi) is 4.78. The molecule has 0 atom stereocenters. The Morgan fingerprint density at radius 3 is 2.57 bits per heavy atom. The zero-order valence-corrected chi connectivity index (χ0v) is 13.1. The van der Waals surface area contributed by atoms with Gasteiger partial charge in [-0.1, -0.05) is 13.8 Å². The third-order valence-corrected chi connectivity index (χ3v) is 3.87. The normalized spacial score (nSPS) is 10.9. The number of benzene rings is 1. The lowest BCUT2D eigenvalue weighted by Gasteiger charge is -2.12. The summed E-state index contributed by atoms with van der Waals surface area (Å²) in [6.07, 6.45) is 4.72. The van der Waals surface area contributed by atoms with Gasteiger partial charge in [0.1, 0.15) is 11.4 Å². The van der Waals surface area contributed by atoms with Crippen molar-refractivity contribution in [3.63, 3.8) is 0 Å². The molecule has 2 rings (SSSR count).